The van der Waals surface area contributed by atoms with Crippen LogP contribution in [0, 0.1) is 17.8 Å². The zero-order valence-electron chi connectivity index (χ0n) is 9.91. The first-order valence-corrected chi connectivity index (χ1v) is 6.54. The van der Waals surface area contributed by atoms with E-state index in [4.69, 9.17) is 0 Å². The molecule has 84 valence electrons. The van der Waals surface area contributed by atoms with E-state index >= 15 is 0 Å². The van der Waals surface area contributed by atoms with Crippen LogP contribution in [0.5, 0.6) is 0 Å². The Hall–Kier alpha value is -0.300. The van der Waals surface area contributed by atoms with Gasteiger partial charge < -0.3 is 0 Å². The molecule has 0 aliphatic heterocycles. The van der Waals surface area contributed by atoms with Gasteiger partial charge >= 0.3 is 0 Å². The van der Waals surface area contributed by atoms with Gasteiger partial charge in [0.25, 0.3) is 0 Å². The summed E-state index contributed by atoms with van der Waals surface area (Å²) in [5.74, 6) is 3.18. The van der Waals surface area contributed by atoms with E-state index in [1.54, 1.807) is 19.3 Å². The summed E-state index contributed by atoms with van der Waals surface area (Å²) in [5.41, 5.74) is 0.572. The number of rotatable bonds is 3. The Kier molecular flexibility index (Phi) is 2.21. The zero-order valence-corrected chi connectivity index (χ0v) is 9.91. The maximum atomic E-state index is 3.89. The van der Waals surface area contributed by atoms with Gasteiger partial charge in [0.15, 0.2) is 0 Å². The molecule has 15 heavy (non-hydrogen) atoms. The maximum Gasteiger partial charge on any atom is 0.0217 e. The lowest BCUT2D eigenvalue weighted by Gasteiger charge is -2.60. The molecule has 0 aromatic rings. The van der Waals surface area contributed by atoms with Crippen molar-refractivity contribution < 1.29 is 0 Å². The molecule has 0 aromatic carbocycles. The summed E-state index contributed by atoms with van der Waals surface area (Å²) in [6.07, 6.45) is 11.1. The average molecular weight is 205 g/mol. The van der Waals surface area contributed by atoms with Crippen LogP contribution >= 0.6 is 0 Å². The molecule has 4 bridgehead atoms. The van der Waals surface area contributed by atoms with Gasteiger partial charge in [-0.05, 0) is 63.3 Å². The third-order valence-electron chi connectivity index (χ3n) is 5.22. The van der Waals surface area contributed by atoms with E-state index in [2.05, 4.69) is 24.6 Å². The molecule has 1 nitrogen and oxygen atoms in total. The summed E-state index contributed by atoms with van der Waals surface area (Å²) in [5, 5.41) is 0. The number of hydrogen-bond donors (Lipinski definition) is 0. The highest BCUT2D eigenvalue weighted by Gasteiger charge is 2.52. The van der Waals surface area contributed by atoms with Gasteiger partial charge in [-0.1, -0.05) is 6.08 Å². The normalized spacial score (nSPS) is 47.5. The van der Waals surface area contributed by atoms with Gasteiger partial charge in [-0.15, -0.1) is 6.58 Å². The molecule has 0 amide bonds. The molecule has 4 aliphatic rings. The molecule has 0 saturated heterocycles. The second-order valence-electron chi connectivity index (χ2n) is 6.31. The van der Waals surface area contributed by atoms with Crippen molar-refractivity contribution in [3.05, 3.63) is 12.7 Å². The van der Waals surface area contributed by atoms with Crippen molar-refractivity contribution in [1.82, 2.24) is 4.90 Å². The van der Waals surface area contributed by atoms with E-state index in [0.29, 0.717) is 5.54 Å². The smallest absolute Gasteiger partial charge is 0.0217 e. The summed E-state index contributed by atoms with van der Waals surface area (Å²) < 4.78 is 0. The lowest BCUT2D eigenvalue weighted by molar-refractivity contribution is -0.0750. The topological polar surface area (TPSA) is 3.24 Å². The van der Waals surface area contributed by atoms with Crippen LogP contribution in [0.15, 0.2) is 12.7 Å². The zero-order chi connectivity index (χ0) is 10.5. The quantitative estimate of drug-likeness (QED) is 0.640. The summed E-state index contributed by atoms with van der Waals surface area (Å²) in [6, 6.07) is 0. The minimum absolute atomic E-state index is 0.572. The van der Waals surface area contributed by atoms with Gasteiger partial charge in [0.1, 0.15) is 0 Å². The molecule has 0 spiro atoms. The summed E-state index contributed by atoms with van der Waals surface area (Å²) in [4.78, 5) is 2.60. The monoisotopic (exact) mass is 205 g/mol. The fourth-order valence-electron chi connectivity index (χ4n) is 4.92. The van der Waals surface area contributed by atoms with Crippen LogP contribution in [0.1, 0.15) is 38.5 Å². The Morgan fingerprint density at radius 2 is 1.60 bits per heavy atom. The Morgan fingerprint density at radius 3 is 2.00 bits per heavy atom. The molecule has 0 unspecified atom stereocenters. The Balaban J connectivity index is 1.83. The fraction of sp³-hybridized carbons (Fsp3) is 0.857. The first-order valence-electron chi connectivity index (χ1n) is 6.54. The van der Waals surface area contributed by atoms with Crippen LogP contribution in [0.3, 0.4) is 0 Å². The van der Waals surface area contributed by atoms with Gasteiger partial charge in [0, 0.05) is 12.1 Å². The van der Waals surface area contributed by atoms with Crippen molar-refractivity contribution in [2.24, 2.45) is 17.8 Å². The highest BCUT2D eigenvalue weighted by atomic mass is 15.2. The molecule has 4 rings (SSSR count). The van der Waals surface area contributed by atoms with Crippen LogP contribution in [0.2, 0.25) is 0 Å². The Labute approximate surface area is 93.5 Å². The lowest BCUT2D eigenvalue weighted by Crippen LogP contribution is -2.58. The van der Waals surface area contributed by atoms with Gasteiger partial charge in [-0.2, -0.15) is 0 Å². The van der Waals surface area contributed by atoms with Crippen LogP contribution < -0.4 is 0 Å². The summed E-state index contributed by atoms with van der Waals surface area (Å²) in [6.45, 7) is 4.96. The predicted octanol–water partition coefficient (Wildman–Crippen LogP) is 3.07. The van der Waals surface area contributed by atoms with Crippen molar-refractivity contribution in [2.45, 2.75) is 44.1 Å². The number of likely N-dealkylation sites (N-methyl/N-ethyl adjacent to an activating group) is 1. The SMILES string of the molecule is C=CCN(C)C12CC3CC(CC(C3)C1)C2. The largest absolute Gasteiger partial charge is 0.297 e. The highest BCUT2D eigenvalue weighted by molar-refractivity contribution is 5.07. The lowest BCUT2D eigenvalue weighted by atomic mass is 9.52. The Morgan fingerprint density at radius 1 is 1.13 bits per heavy atom. The van der Waals surface area contributed by atoms with Crippen molar-refractivity contribution in [3.63, 3.8) is 0 Å². The van der Waals surface area contributed by atoms with Gasteiger partial charge in [0.2, 0.25) is 0 Å². The van der Waals surface area contributed by atoms with E-state index in [1.807, 2.05) is 0 Å². The molecule has 4 fully saturated rings. The second-order valence-corrected chi connectivity index (χ2v) is 6.31. The summed E-state index contributed by atoms with van der Waals surface area (Å²) in [7, 11) is 2.31. The maximum absolute atomic E-state index is 3.89. The molecule has 1 heteroatoms. The first kappa shape index (κ1) is 9.89. The van der Waals surface area contributed by atoms with E-state index < -0.39 is 0 Å². The minimum Gasteiger partial charge on any atom is -0.297 e. The summed E-state index contributed by atoms with van der Waals surface area (Å²) >= 11 is 0. The predicted molar refractivity (Wildman–Crippen MR) is 63.7 cm³/mol. The molecule has 4 saturated carbocycles. The van der Waals surface area contributed by atoms with Crippen molar-refractivity contribution in [2.75, 3.05) is 13.6 Å². The fourth-order valence-corrected chi connectivity index (χ4v) is 4.92. The molecule has 0 atom stereocenters. The first-order chi connectivity index (χ1) is 7.22. The number of nitrogens with zero attached hydrogens (tertiary/aromatic N) is 1. The van der Waals surface area contributed by atoms with Crippen molar-refractivity contribution in [3.8, 4) is 0 Å². The molecule has 4 aliphatic carbocycles. The van der Waals surface area contributed by atoms with Crippen LogP contribution in [0.4, 0.5) is 0 Å². The van der Waals surface area contributed by atoms with Gasteiger partial charge in [0.05, 0.1) is 0 Å². The second kappa shape index (κ2) is 3.35. The average Bonchev–Trinajstić information content (AvgIpc) is 2.15. The van der Waals surface area contributed by atoms with Crippen molar-refractivity contribution in [1.29, 1.82) is 0 Å². The molecular weight excluding hydrogens is 182 g/mol. The van der Waals surface area contributed by atoms with E-state index in [-0.39, 0.29) is 0 Å². The molecule has 0 N–H and O–H groups in total. The number of hydrogen-bond acceptors (Lipinski definition) is 1. The highest BCUT2D eigenvalue weighted by Crippen LogP contribution is 2.57. The molecular formula is C14H23N. The minimum atomic E-state index is 0.572. The van der Waals surface area contributed by atoms with Crippen molar-refractivity contribution >= 4 is 0 Å². The standard InChI is InChI=1S/C14H23N/c1-3-4-15(2)14-8-11-5-12(9-14)7-13(6-11)10-14/h3,11-13H,1,4-10H2,2H3. The van der Waals surface area contributed by atoms with E-state index in [9.17, 15) is 0 Å². The third kappa shape index (κ3) is 1.47. The van der Waals surface area contributed by atoms with Gasteiger partial charge in [-0.3, -0.25) is 4.90 Å². The van der Waals surface area contributed by atoms with Crippen LogP contribution in [-0.4, -0.2) is 24.0 Å². The molecule has 0 radical (unpaired) electrons. The van der Waals surface area contributed by atoms with Crippen LogP contribution in [0.25, 0.3) is 0 Å². The molecule has 0 aromatic heterocycles. The Bertz CT molecular complexity index is 233. The van der Waals surface area contributed by atoms with Crippen LogP contribution in [-0.2, 0) is 0 Å². The molecule has 0 heterocycles. The van der Waals surface area contributed by atoms with E-state index in [0.717, 1.165) is 24.3 Å². The van der Waals surface area contributed by atoms with E-state index in [1.165, 1.54) is 19.3 Å². The van der Waals surface area contributed by atoms with Gasteiger partial charge in [-0.25, -0.2) is 0 Å². The third-order valence-corrected chi connectivity index (χ3v) is 5.22.